The number of nitrogens with zero attached hydrogens (tertiary/aromatic N) is 6. The highest BCUT2D eigenvalue weighted by molar-refractivity contribution is 5.96. The van der Waals surface area contributed by atoms with E-state index in [0.717, 1.165) is 30.0 Å². The first-order valence-corrected chi connectivity index (χ1v) is 10.9. The number of primary amides is 1. The molecular formula is C23H27N7O3. The van der Waals surface area contributed by atoms with E-state index in [4.69, 9.17) is 10.5 Å². The number of pyridine rings is 1. The van der Waals surface area contributed by atoms with Gasteiger partial charge in [0.2, 0.25) is 11.8 Å². The Morgan fingerprint density at radius 2 is 1.94 bits per heavy atom. The summed E-state index contributed by atoms with van der Waals surface area (Å²) in [6.45, 7) is 7.75. The summed E-state index contributed by atoms with van der Waals surface area (Å²) in [6, 6.07) is 8.98. The van der Waals surface area contributed by atoms with Crippen LogP contribution in [-0.4, -0.2) is 76.1 Å². The fourth-order valence-corrected chi connectivity index (χ4v) is 3.74. The van der Waals surface area contributed by atoms with Crippen LogP contribution in [0.4, 0.5) is 5.82 Å². The van der Waals surface area contributed by atoms with Gasteiger partial charge in [0.1, 0.15) is 11.3 Å². The van der Waals surface area contributed by atoms with E-state index >= 15 is 0 Å². The topological polar surface area (TPSA) is 119 Å². The van der Waals surface area contributed by atoms with Crippen LogP contribution < -0.4 is 10.6 Å². The average Bonchev–Trinajstić information content (AvgIpc) is 3.26. The molecule has 10 heteroatoms. The summed E-state index contributed by atoms with van der Waals surface area (Å²) >= 11 is 0. The highest BCUT2D eigenvalue weighted by atomic mass is 16.5. The van der Waals surface area contributed by atoms with Crippen molar-refractivity contribution in [2.45, 2.75) is 13.0 Å². The molecule has 0 unspecified atom stereocenters. The molecule has 1 fully saturated rings. The van der Waals surface area contributed by atoms with Gasteiger partial charge in [0.05, 0.1) is 31.7 Å². The number of rotatable bonds is 9. The van der Waals surface area contributed by atoms with Gasteiger partial charge in [-0.05, 0) is 35.9 Å². The number of benzene rings is 1. The second-order valence-electron chi connectivity index (χ2n) is 7.76. The number of nitrogens with two attached hydrogens (primary N) is 1. The lowest BCUT2D eigenvalue weighted by atomic mass is 10.2. The molecule has 0 bridgehead atoms. The molecule has 2 N–H and O–H groups in total. The first-order chi connectivity index (χ1) is 16.0. The smallest absolute Gasteiger partial charge is 0.248 e. The van der Waals surface area contributed by atoms with Crippen LogP contribution in [-0.2, 0) is 16.1 Å². The quantitative estimate of drug-likeness (QED) is 0.489. The summed E-state index contributed by atoms with van der Waals surface area (Å²) < 4.78 is 7.32. The van der Waals surface area contributed by atoms with Crippen molar-refractivity contribution in [2.75, 3.05) is 44.3 Å². The summed E-state index contributed by atoms with van der Waals surface area (Å²) in [5.41, 5.74) is 8.13. The van der Waals surface area contributed by atoms with Crippen molar-refractivity contribution in [1.29, 1.82) is 0 Å². The Balaban J connectivity index is 1.18. The van der Waals surface area contributed by atoms with E-state index in [0.29, 0.717) is 50.3 Å². The minimum absolute atomic E-state index is 0.0851. The summed E-state index contributed by atoms with van der Waals surface area (Å²) in [5.74, 6) is 0.503. The lowest BCUT2D eigenvalue weighted by molar-refractivity contribution is -0.132. The van der Waals surface area contributed by atoms with Gasteiger partial charge in [-0.15, -0.1) is 5.10 Å². The van der Waals surface area contributed by atoms with Gasteiger partial charge in [-0.3, -0.25) is 9.59 Å². The van der Waals surface area contributed by atoms with E-state index in [1.165, 1.54) is 0 Å². The number of fused-ring (bicyclic) bond motifs is 1. The summed E-state index contributed by atoms with van der Waals surface area (Å²) in [7, 11) is 0. The Hall–Kier alpha value is -3.79. The third-order valence-electron chi connectivity index (χ3n) is 5.67. The SMILES string of the molecule is C=Cc1ccc(N2CCN(C(=O)CCOCCn3nnc4ccc(C(N)=O)cc43)CC2)nc1. The van der Waals surface area contributed by atoms with Crippen LogP contribution in [0.5, 0.6) is 0 Å². The van der Waals surface area contributed by atoms with Gasteiger partial charge in [-0.2, -0.15) is 0 Å². The number of anilines is 1. The molecule has 1 saturated heterocycles. The molecule has 0 aliphatic carbocycles. The van der Waals surface area contributed by atoms with Gasteiger partial charge in [0.25, 0.3) is 0 Å². The van der Waals surface area contributed by atoms with Crippen molar-refractivity contribution in [2.24, 2.45) is 5.73 Å². The van der Waals surface area contributed by atoms with Gasteiger partial charge in [0, 0.05) is 37.9 Å². The van der Waals surface area contributed by atoms with Crippen molar-refractivity contribution in [3.8, 4) is 0 Å². The maximum atomic E-state index is 12.5. The van der Waals surface area contributed by atoms with Crippen molar-refractivity contribution in [3.63, 3.8) is 0 Å². The molecule has 10 nitrogen and oxygen atoms in total. The number of ether oxygens (including phenoxy) is 1. The maximum Gasteiger partial charge on any atom is 0.248 e. The number of amides is 2. The van der Waals surface area contributed by atoms with Gasteiger partial charge in [-0.1, -0.05) is 17.9 Å². The number of carbonyl (C=O) groups excluding carboxylic acids is 2. The van der Waals surface area contributed by atoms with Crippen LogP contribution in [0.3, 0.4) is 0 Å². The number of aromatic nitrogens is 4. The van der Waals surface area contributed by atoms with Gasteiger partial charge in [0.15, 0.2) is 0 Å². The summed E-state index contributed by atoms with van der Waals surface area (Å²) in [4.78, 5) is 32.4. The zero-order valence-electron chi connectivity index (χ0n) is 18.4. The highest BCUT2D eigenvalue weighted by Gasteiger charge is 2.21. The Bertz CT molecular complexity index is 1130. The maximum absolute atomic E-state index is 12.5. The van der Waals surface area contributed by atoms with Crippen molar-refractivity contribution < 1.29 is 14.3 Å². The highest BCUT2D eigenvalue weighted by Crippen LogP contribution is 2.15. The van der Waals surface area contributed by atoms with E-state index in [1.54, 1.807) is 35.2 Å². The first-order valence-electron chi connectivity index (χ1n) is 10.9. The Morgan fingerprint density at radius 3 is 2.64 bits per heavy atom. The van der Waals surface area contributed by atoms with Crippen molar-refractivity contribution in [1.82, 2.24) is 24.9 Å². The van der Waals surface area contributed by atoms with E-state index in [9.17, 15) is 9.59 Å². The van der Waals surface area contributed by atoms with E-state index < -0.39 is 5.91 Å². The third-order valence-corrected chi connectivity index (χ3v) is 5.67. The van der Waals surface area contributed by atoms with Gasteiger partial charge >= 0.3 is 0 Å². The number of hydrogen-bond donors (Lipinski definition) is 1. The molecule has 1 aliphatic heterocycles. The van der Waals surface area contributed by atoms with E-state index in [-0.39, 0.29) is 5.91 Å². The van der Waals surface area contributed by atoms with Gasteiger partial charge < -0.3 is 20.3 Å². The summed E-state index contributed by atoms with van der Waals surface area (Å²) in [5, 5.41) is 8.16. The van der Waals surface area contributed by atoms with Crippen molar-refractivity contribution >= 4 is 34.7 Å². The van der Waals surface area contributed by atoms with Gasteiger partial charge in [-0.25, -0.2) is 9.67 Å². The minimum atomic E-state index is -0.498. The Morgan fingerprint density at radius 1 is 1.12 bits per heavy atom. The monoisotopic (exact) mass is 449 g/mol. The van der Waals surface area contributed by atoms with Crippen LogP contribution in [0.25, 0.3) is 17.1 Å². The molecule has 0 saturated carbocycles. The molecule has 33 heavy (non-hydrogen) atoms. The normalized spacial score (nSPS) is 13.9. The lowest BCUT2D eigenvalue weighted by Crippen LogP contribution is -2.49. The third kappa shape index (κ3) is 5.35. The molecule has 2 amide bonds. The fraction of sp³-hybridized carbons (Fsp3) is 0.348. The molecular weight excluding hydrogens is 422 g/mol. The lowest BCUT2D eigenvalue weighted by Gasteiger charge is -2.35. The van der Waals surface area contributed by atoms with Crippen LogP contribution in [0, 0.1) is 0 Å². The number of hydrogen-bond acceptors (Lipinski definition) is 7. The molecule has 0 spiro atoms. The molecule has 0 radical (unpaired) electrons. The zero-order chi connectivity index (χ0) is 23.2. The first kappa shape index (κ1) is 22.4. The molecule has 3 aromatic rings. The fourth-order valence-electron chi connectivity index (χ4n) is 3.74. The average molecular weight is 450 g/mol. The van der Waals surface area contributed by atoms with Crippen molar-refractivity contribution in [3.05, 3.63) is 54.2 Å². The van der Waals surface area contributed by atoms with Crippen LogP contribution in [0.15, 0.2) is 43.1 Å². The number of piperazine rings is 1. The largest absolute Gasteiger partial charge is 0.379 e. The standard InChI is InChI=1S/C23H27N7O3/c1-2-17-3-6-21(25-16-17)28-8-10-29(11-9-28)22(31)7-13-33-14-12-30-20-15-18(23(24)32)4-5-19(20)26-27-30/h2-6,15-16H,1,7-14H2,(H2,24,32). The molecule has 2 aromatic heterocycles. The molecule has 1 aliphatic rings. The molecule has 3 heterocycles. The molecule has 1 aromatic carbocycles. The van der Waals surface area contributed by atoms with E-state index in [2.05, 4.69) is 26.8 Å². The molecule has 0 atom stereocenters. The second-order valence-corrected chi connectivity index (χ2v) is 7.76. The number of carbonyl (C=O) groups is 2. The molecule has 4 rings (SSSR count). The predicted octanol–water partition coefficient (Wildman–Crippen LogP) is 1.32. The van der Waals surface area contributed by atoms with Crippen LogP contribution in [0.1, 0.15) is 22.3 Å². The Labute approximate surface area is 191 Å². The predicted molar refractivity (Wildman–Crippen MR) is 125 cm³/mol. The summed E-state index contributed by atoms with van der Waals surface area (Å²) in [6.07, 6.45) is 3.90. The zero-order valence-corrected chi connectivity index (χ0v) is 18.4. The minimum Gasteiger partial charge on any atom is -0.379 e. The second kappa shape index (κ2) is 10.2. The van der Waals surface area contributed by atoms with Crippen LogP contribution in [0.2, 0.25) is 0 Å². The molecule has 172 valence electrons. The van der Waals surface area contributed by atoms with E-state index in [1.807, 2.05) is 17.0 Å². The van der Waals surface area contributed by atoms with Crippen LogP contribution >= 0.6 is 0 Å². The Kier molecular flexibility index (Phi) is 6.94.